The van der Waals surface area contributed by atoms with Gasteiger partial charge in [-0.25, -0.2) is 13.1 Å². The third kappa shape index (κ3) is 7.03. The molecule has 2 aromatic rings. The fourth-order valence-electron chi connectivity index (χ4n) is 3.48. The number of rotatable bonds is 9. The third-order valence-electron chi connectivity index (χ3n) is 5.14. The Kier molecular flexibility index (Phi) is 9.54. The van der Waals surface area contributed by atoms with Gasteiger partial charge in [-0.05, 0) is 55.1 Å². The first-order chi connectivity index (χ1) is 14.3. The van der Waals surface area contributed by atoms with Gasteiger partial charge >= 0.3 is 0 Å². The molecule has 0 fully saturated rings. The lowest BCUT2D eigenvalue weighted by Crippen LogP contribution is -2.31. The first-order valence-electron chi connectivity index (χ1n) is 9.69. The summed E-state index contributed by atoms with van der Waals surface area (Å²) in [5.41, 5.74) is 2.32. The summed E-state index contributed by atoms with van der Waals surface area (Å²) in [5, 5.41) is 11.5. The van der Waals surface area contributed by atoms with Crippen molar-refractivity contribution in [3.63, 3.8) is 0 Å². The maximum absolute atomic E-state index is 12.3. The first kappa shape index (κ1) is 25.8. The summed E-state index contributed by atoms with van der Waals surface area (Å²) in [6, 6.07) is 9.31. The summed E-state index contributed by atoms with van der Waals surface area (Å²) < 4.78 is 27.2. The Hall–Kier alpha value is -1.42. The summed E-state index contributed by atoms with van der Waals surface area (Å²) in [7, 11) is -3.61. The summed E-state index contributed by atoms with van der Waals surface area (Å²) in [5.74, 6) is 0. The highest BCUT2D eigenvalue weighted by molar-refractivity contribution is 7.89. The number of non-ortho nitro benzene ring substituents is 1. The quantitative estimate of drug-likeness (QED) is 0.297. The van der Waals surface area contributed by atoms with Gasteiger partial charge in [0.15, 0.2) is 0 Å². The normalized spacial score (nSPS) is 14.0. The summed E-state index contributed by atoms with van der Waals surface area (Å²) in [4.78, 5) is 13.0. The lowest BCUT2D eigenvalue weighted by Gasteiger charge is -2.28. The van der Waals surface area contributed by atoms with Gasteiger partial charge in [0.2, 0.25) is 10.0 Å². The van der Waals surface area contributed by atoms with Gasteiger partial charge in [-0.15, -0.1) is 12.4 Å². The van der Waals surface area contributed by atoms with E-state index in [-0.39, 0.29) is 32.9 Å². The predicted molar refractivity (Wildman–Crippen MR) is 125 cm³/mol. The number of halogens is 3. The number of unbranched alkanes of at least 4 members (excludes halogenated alkanes) is 2. The van der Waals surface area contributed by atoms with E-state index in [4.69, 9.17) is 23.2 Å². The van der Waals surface area contributed by atoms with Crippen molar-refractivity contribution in [3.05, 3.63) is 67.7 Å². The van der Waals surface area contributed by atoms with Gasteiger partial charge in [0.05, 0.1) is 19.9 Å². The number of hydrogen-bond donors (Lipinski definition) is 1. The standard InChI is InChI=1S/C20H23Cl2N3O4S.ClH/c21-19-7-6-18(13-20(19)22)30(28,29)23-9-2-1-3-10-24-11-8-15-4-5-17(25(26)27)12-16(15)14-24;/h4-7,12-13,23H,1-3,8-11,14H2;1H. The van der Waals surface area contributed by atoms with Crippen LogP contribution in [0, 0.1) is 10.1 Å². The molecule has 0 amide bonds. The Labute approximate surface area is 198 Å². The second-order valence-electron chi connectivity index (χ2n) is 7.27. The minimum atomic E-state index is -3.61. The van der Waals surface area contributed by atoms with E-state index in [0.29, 0.717) is 18.1 Å². The van der Waals surface area contributed by atoms with Gasteiger partial charge in [-0.2, -0.15) is 0 Å². The summed E-state index contributed by atoms with van der Waals surface area (Å²) in [6.45, 7) is 2.86. The number of nitrogens with one attached hydrogen (secondary N) is 1. The fourth-order valence-corrected chi connectivity index (χ4v) is 4.94. The van der Waals surface area contributed by atoms with E-state index in [0.717, 1.165) is 44.3 Å². The largest absolute Gasteiger partial charge is 0.299 e. The van der Waals surface area contributed by atoms with Gasteiger partial charge < -0.3 is 0 Å². The predicted octanol–water partition coefficient (Wildman–Crippen LogP) is 4.83. The minimum absolute atomic E-state index is 0. The van der Waals surface area contributed by atoms with E-state index in [9.17, 15) is 18.5 Å². The van der Waals surface area contributed by atoms with Crippen molar-refractivity contribution in [2.24, 2.45) is 0 Å². The maximum Gasteiger partial charge on any atom is 0.269 e. The van der Waals surface area contributed by atoms with Crippen LogP contribution in [0.25, 0.3) is 0 Å². The molecule has 1 aliphatic rings. The molecule has 0 atom stereocenters. The van der Waals surface area contributed by atoms with Crippen molar-refractivity contribution >= 4 is 51.3 Å². The number of hydrogen-bond acceptors (Lipinski definition) is 5. The molecule has 0 radical (unpaired) electrons. The number of nitro benzene ring substituents is 1. The average Bonchev–Trinajstić information content (AvgIpc) is 2.71. The van der Waals surface area contributed by atoms with E-state index in [1.54, 1.807) is 12.1 Å². The van der Waals surface area contributed by atoms with E-state index >= 15 is 0 Å². The SMILES string of the molecule is Cl.O=[N+]([O-])c1ccc2c(c1)CN(CCCCCNS(=O)(=O)c1ccc(Cl)c(Cl)c1)CC2. The Balaban J connectivity index is 0.00000341. The minimum Gasteiger partial charge on any atom is -0.299 e. The Morgan fingerprint density at radius 2 is 1.81 bits per heavy atom. The molecule has 170 valence electrons. The van der Waals surface area contributed by atoms with Gasteiger partial charge in [0, 0.05) is 31.8 Å². The van der Waals surface area contributed by atoms with Crippen molar-refractivity contribution < 1.29 is 13.3 Å². The number of nitrogens with zero attached hydrogens (tertiary/aromatic N) is 2. The van der Waals surface area contributed by atoms with Crippen molar-refractivity contribution in [2.75, 3.05) is 19.6 Å². The highest BCUT2D eigenvalue weighted by Gasteiger charge is 2.19. The third-order valence-corrected chi connectivity index (χ3v) is 7.33. The van der Waals surface area contributed by atoms with Crippen LogP contribution < -0.4 is 4.72 Å². The molecular weight excluding hydrogens is 485 g/mol. The molecule has 0 saturated heterocycles. The zero-order valence-electron chi connectivity index (χ0n) is 16.7. The van der Waals surface area contributed by atoms with Crippen LogP contribution in [0.15, 0.2) is 41.3 Å². The van der Waals surface area contributed by atoms with Crippen LogP contribution >= 0.6 is 35.6 Å². The molecule has 0 aromatic heterocycles. The van der Waals surface area contributed by atoms with Crippen LogP contribution in [0.1, 0.15) is 30.4 Å². The topological polar surface area (TPSA) is 92.6 Å². The van der Waals surface area contributed by atoms with E-state index in [2.05, 4.69) is 9.62 Å². The van der Waals surface area contributed by atoms with Gasteiger partial charge in [-0.1, -0.05) is 35.7 Å². The number of fused-ring (bicyclic) bond motifs is 1. The summed E-state index contributed by atoms with van der Waals surface area (Å²) >= 11 is 11.7. The van der Waals surface area contributed by atoms with Crippen LogP contribution in [0.4, 0.5) is 5.69 Å². The molecule has 1 N–H and O–H groups in total. The molecule has 0 bridgehead atoms. The second kappa shape index (κ2) is 11.4. The number of nitro groups is 1. The zero-order chi connectivity index (χ0) is 21.7. The molecule has 0 aliphatic carbocycles. The number of benzene rings is 2. The highest BCUT2D eigenvalue weighted by atomic mass is 35.5. The van der Waals surface area contributed by atoms with Crippen LogP contribution in [0.3, 0.4) is 0 Å². The molecule has 1 heterocycles. The average molecular weight is 509 g/mol. The maximum atomic E-state index is 12.3. The Morgan fingerprint density at radius 1 is 1.03 bits per heavy atom. The monoisotopic (exact) mass is 507 g/mol. The van der Waals surface area contributed by atoms with Crippen LogP contribution in [-0.4, -0.2) is 37.9 Å². The lowest BCUT2D eigenvalue weighted by atomic mass is 9.99. The molecule has 7 nitrogen and oxygen atoms in total. The zero-order valence-corrected chi connectivity index (χ0v) is 19.9. The van der Waals surface area contributed by atoms with E-state index in [1.807, 2.05) is 6.07 Å². The molecule has 2 aromatic carbocycles. The lowest BCUT2D eigenvalue weighted by molar-refractivity contribution is -0.385. The van der Waals surface area contributed by atoms with Crippen molar-refractivity contribution in [1.29, 1.82) is 0 Å². The molecular formula is C20H24Cl3N3O4S. The molecule has 1 aliphatic heterocycles. The molecule has 0 unspecified atom stereocenters. The van der Waals surface area contributed by atoms with Crippen LogP contribution in [0.2, 0.25) is 10.0 Å². The molecule has 0 saturated carbocycles. The van der Waals surface area contributed by atoms with E-state index in [1.165, 1.54) is 23.8 Å². The highest BCUT2D eigenvalue weighted by Crippen LogP contribution is 2.25. The van der Waals surface area contributed by atoms with Crippen molar-refractivity contribution in [1.82, 2.24) is 9.62 Å². The Morgan fingerprint density at radius 3 is 2.52 bits per heavy atom. The Bertz CT molecular complexity index is 1030. The van der Waals surface area contributed by atoms with Gasteiger partial charge in [-0.3, -0.25) is 15.0 Å². The van der Waals surface area contributed by atoms with Crippen LogP contribution in [0.5, 0.6) is 0 Å². The molecule has 11 heteroatoms. The molecule has 3 rings (SSSR count). The first-order valence-corrected chi connectivity index (χ1v) is 11.9. The van der Waals surface area contributed by atoms with Crippen molar-refractivity contribution in [3.8, 4) is 0 Å². The smallest absolute Gasteiger partial charge is 0.269 e. The number of sulfonamides is 1. The van der Waals surface area contributed by atoms with Gasteiger partial charge in [0.25, 0.3) is 5.69 Å². The van der Waals surface area contributed by atoms with Gasteiger partial charge in [0.1, 0.15) is 0 Å². The molecule has 31 heavy (non-hydrogen) atoms. The molecule has 0 spiro atoms. The van der Waals surface area contributed by atoms with E-state index < -0.39 is 10.0 Å². The van der Waals surface area contributed by atoms with Crippen molar-refractivity contribution in [2.45, 2.75) is 37.1 Å². The fraction of sp³-hybridized carbons (Fsp3) is 0.400. The second-order valence-corrected chi connectivity index (χ2v) is 9.85. The summed E-state index contributed by atoms with van der Waals surface area (Å²) in [6.07, 6.45) is 3.41. The van der Waals surface area contributed by atoms with Crippen LogP contribution in [-0.2, 0) is 23.0 Å².